The molecule has 1 amide bonds. The Kier molecular flexibility index (Phi) is 4.76. The molecule has 5 rings (SSSR count). The van der Waals surface area contributed by atoms with Crippen molar-refractivity contribution >= 4 is 34.4 Å². The van der Waals surface area contributed by atoms with E-state index in [4.69, 9.17) is 20.4 Å². The van der Waals surface area contributed by atoms with Gasteiger partial charge in [-0.15, -0.1) is 0 Å². The highest BCUT2D eigenvalue weighted by atomic mass is 35.5. The Balaban J connectivity index is 1.40. The summed E-state index contributed by atoms with van der Waals surface area (Å²) in [6, 6.07) is 19.8. The largest absolute Gasteiger partial charge is 0.451 e. The van der Waals surface area contributed by atoms with Crippen molar-refractivity contribution in [1.29, 1.82) is 0 Å². The van der Waals surface area contributed by atoms with Crippen molar-refractivity contribution in [2.75, 3.05) is 5.32 Å². The minimum Gasteiger partial charge on any atom is -0.451 e. The smallest absolute Gasteiger partial charge is 0.291 e. The minimum atomic E-state index is -0.348. The lowest BCUT2D eigenvalue weighted by Crippen LogP contribution is -2.11. The molecule has 2 aromatic carbocycles. The summed E-state index contributed by atoms with van der Waals surface area (Å²) in [7, 11) is 0. The highest BCUT2D eigenvalue weighted by Crippen LogP contribution is 2.28. The first-order chi connectivity index (χ1) is 15.1. The molecule has 0 saturated carbocycles. The van der Waals surface area contributed by atoms with Gasteiger partial charge < -0.3 is 14.2 Å². The molecule has 6 nitrogen and oxygen atoms in total. The van der Waals surface area contributed by atoms with E-state index in [9.17, 15) is 4.79 Å². The van der Waals surface area contributed by atoms with Crippen LogP contribution in [0, 0.1) is 6.92 Å². The van der Waals surface area contributed by atoms with Crippen LogP contribution in [0.4, 0.5) is 5.69 Å². The van der Waals surface area contributed by atoms with Gasteiger partial charge in [-0.05, 0) is 73.2 Å². The van der Waals surface area contributed by atoms with Crippen LogP contribution in [-0.2, 0) is 0 Å². The van der Waals surface area contributed by atoms with E-state index in [1.54, 1.807) is 36.5 Å². The summed E-state index contributed by atoms with van der Waals surface area (Å²) in [5.74, 6) is 0.888. The number of rotatable bonds is 4. The number of nitrogens with zero attached hydrogens (tertiary/aromatic N) is 2. The van der Waals surface area contributed by atoms with Crippen molar-refractivity contribution in [2.24, 2.45) is 0 Å². The van der Waals surface area contributed by atoms with Gasteiger partial charge in [0.2, 0.25) is 5.89 Å². The van der Waals surface area contributed by atoms with Crippen LogP contribution in [0.1, 0.15) is 16.1 Å². The number of carbonyl (C=O) groups is 1. The molecule has 0 saturated heterocycles. The van der Waals surface area contributed by atoms with Crippen molar-refractivity contribution in [2.45, 2.75) is 6.92 Å². The highest BCUT2D eigenvalue weighted by molar-refractivity contribution is 6.30. The third kappa shape index (κ3) is 3.81. The number of fused-ring (bicyclic) bond motifs is 1. The Hall–Kier alpha value is -3.90. The Bertz CT molecular complexity index is 1370. The molecular weight excluding hydrogens is 414 g/mol. The summed E-state index contributed by atoms with van der Waals surface area (Å²) < 4.78 is 11.5. The number of carbonyl (C=O) groups excluding carboxylic acids is 1. The first-order valence-electron chi connectivity index (χ1n) is 9.56. The summed E-state index contributed by atoms with van der Waals surface area (Å²) in [5.41, 5.74) is 4.26. The lowest BCUT2D eigenvalue weighted by atomic mass is 10.1. The van der Waals surface area contributed by atoms with E-state index < -0.39 is 0 Å². The van der Waals surface area contributed by atoms with Crippen molar-refractivity contribution < 1.29 is 13.6 Å². The van der Waals surface area contributed by atoms with Crippen molar-refractivity contribution in [1.82, 2.24) is 9.97 Å². The molecule has 1 N–H and O–H groups in total. The average molecular weight is 430 g/mol. The monoisotopic (exact) mass is 429 g/mol. The molecule has 3 aromatic heterocycles. The van der Waals surface area contributed by atoms with E-state index >= 15 is 0 Å². The molecule has 0 radical (unpaired) electrons. The summed E-state index contributed by atoms with van der Waals surface area (Å²) >= 11 is 5.93. The van der Waals surface area contributed by atoms with Crippen LogP contribution < -0.4 is 5.32 Å². The fraction of sp³-hybridized carbons (Fsp3) is 0.0417. The first kappa shape index (κ1) is 19.1. The molecule has 5 aromatic rings. The summed E-state index contributed by atoms with van der Waals surface area (Å²) in [4.78, 5) is 21.4. The number of hydrogen-bond acceptors (Lipinski definition) is 5. The van der Waals surface area contributed by atoms with Gasteiger partial charge in [0.05, 0.1) is 0 Å². The van der Waals surface area contributed by atoms with E-state index in [1.165, 1.54) is 0 Å². The molecule has 0 bridgehead atoms. The molecular formula is C24H16ClN3O3. The predicted molar refractivity (Wildman–Crippen MR) is 119 cm³/mol. The normalized spacial score (nSPS) is 11.0. The maximum atomic E-state index is 12.8. The second kappa shape index (κ2) is 7.74. The number of nitrogens with one attached hydrogen (secondary N) is 1. The number of aryl methyl sites for hydroxylation is 1. The number of oxazole rings is 1. The highest BCUT2D eigenvalue weighted by Gasteiger charge is 2.15. The Morgan fingerprint density at radius 1 is 0.968 bits per heavy atom. The van der Waals surface area contributed by atoms with E-state index in [2.05, 4.69) is 15.3 Å². The molecule has 0 unspecified atom stereocenters. The number of hydrogen-bond donors (Lipinski definition) is 1. The third-order valence-electron chi connectivity index (χ3n) is 4.86. The number of furan rings is 1. The molecule has 31 heavy (non-hydrogen) atoms. The molecule has 0 spiro atoms. The Labute approximate surface area is 182 Å². The number of amides is 1. The van der Waals surface area contributed by atoms with Crippen molar-refractivity contribution in [3.63, 3.8) is 0 Å². The van der Waals surface area contributed by atoms with E-state index in [-0.39, 0.29) is 11.7 Å². The van der Waals surface area contributed by atoms with Gasteiger partial charge in [-0.2, -0.15) is 4.98 Å². The average Bonchev–Trinajstić information content (AvgIpc) is 3.43. The maximum absolute atomic E-state index is 12.8. The van der Waals surface area contributed by atoms with Gasteiger partial charge in [0.15, 0.2) is 17.0 Å². The van der Waals surface area contributed by atoms with Gasteiger partial charge in [-0.3, -0.25) is 4.79 Å². The van der Waals surface area contributed by atoms with E-state index in [1.807, 2.05) is 43.3 Å². The molecule has 0 aliphatic carbocycles. The first-order valence-corrected chi connectivity index (χ1v) is 9.94. The second-order valence-electron chi connectivity index (χ2n) is 7.00. The van der Waals surface area contributed by atoms with Crippen molar-refractivity contribution in [3.8, 4) is 22.8 Å². The van der Waals surface area contributed by atoms with Crippen molar-refractivity contribution in [3.05, 3.63) is 89.3 Å². The number of halogens is 1. The zero-order valence-corrected chi connectivity index (χ0v) is 17.2. The quantitative estimate of drug-likeness (QED) is 0.359. The van der Waals surface area contributed by atoms with Gasteiger partial charge in [-0.1, -0.05) is 17.7 Å². The second-order valence-corrected chi connectivity index (χ2v) is 7.44. The van der Waals surface area contributed by atoms with Crippen LogP contribution in [0.25, 0.3) is 34.0 Å². The summed E-state index contributed by atoms with van der Waals surface area (Å²) in [6.07, 6.45) is 1.66. The fourth-order valence-electron chi connectivity index (χ4n) is 3.20. The number of anilines is 1. The molecule has 7 heteroatoms. The topological polar surface area (TPSA) is 81.2 Å². The van der Waals surface area contributed by atoms with Crippen LogP contribution >= 0.6 is 11.6 Å². The molecule has 0 atom stereocenters. The number of pyridine rings is 1. The van der Waals surface area contributed by atoms with Crippen LogP contribution in [0.2, 0.25) is 5.02 Å². The van der Waals surface area contributed by atoms with E-state index in [0.29, 0.717) is 33.6 Å². The van der Waals surface area contributed by atoms with E-state index in [0.717, 1.165) is 16.7 Å². The zero-order chi connectivity index (χ0) is 21.4. The minimum absolute atomic E-state index is 0.209. The maximum Gasteiger partial charge on any atom is 0.291 e. The van der Waals surface area contributed by atoms with Gasteiger partial charge >= 0.3 is 0 Å². The van der Waals surface area contributed by atoms with Crippen LogP contribution in [0.3, 0.4) is 0 Å². The van der Waals surface area contributed by atoms with Crippen LogP contribution in [-0.4, -0.2) is 15.9 Å². The van der Waals surface area contributed by atoms with Crippen LogP contribution in [0.5, 0.6) is 0 Å². The molecule has 0 fully saturated rings. The lowest BCUT2D eigenvalue weighted by Gasteiger charge is -2.08. The number of aromatic nitrogens is 2. The SMILES string of the molecule is Cc1ccc(-c2nc3ncccc3o2)cc1NC(=O)c1ccc(-c2ccc(Cl)cc2)o1. The van der Waals surface area contributed by atoms with Gasteiger partial charge in [0.25, 0.3) is 5.91 Å². The molecule has 0 aliphatic rings. The van der Waals surface area contributed by atoms with Gasteiger partial charge in [0, 0.05) is 28.0 Å². The standard InChI is InChI=1S/C24H16ClN3O3/c1-14-4-5-16(24-28-22-20(31-24)3-2-12-26-22)13-18(14)27-23(29)21-11-10-19(30-21)15-6-8-17(25)9-7-15/h2-13H,1H3,(H,27,29). The lowest BCUT2D eigenvalue weighted by molar-refractivity contribution is 0.0997. The van der Waals surface area contributed by atoms with Gasteiger partial charge in [-0.25, -0.2) is 4.98 Å². The molecule has 152 valence electrons. The molecule has 0 aliphatic heterocycles. The summed E-state index contributed by atoms with van der Waals surface area (Å²) in [5, 5.41) is 3.54. The Morgan fingerprint density at radius 2 is 1.77 bits per heavy atom. The van der Waals surface area contributed by atoms with Crippen LogP contribution in [0.15, 0.2) is 81.8 Å². The third-order valence-corrected chi connectivity index (χ3v) is 5.11. The summed E-state index contributed by atoms with van der Waals surface area (Å²) in [6.45, 7) is 1.91. The predicted octanol–water partition coefficient (Wildman–Crippen LogP) is 6.36. The fourth-order valence-corrected chi connectivity index (χ4v) is 3.32. The Morgan fingerprint density at radius 3 is 2.58 bits per heavy atom. The zero-order valence-electron chi connectivity index (χ0n) is 16.4. The molecule has 3 heterocycles. The van der Waals surface area contributed by atoms with Gasteiger partial charge in [0.1, 0.15) is 5.76 Å². The number of benzene rings is 2.